The average Bonchev–Trinajstić information content (AvgIpc) is 3.32. The molecule has 124 valence electrons. The summed E-state index contributed by atoms with van der Waals surface area (Å²) in [5.41, 5.74) is -0.441. The van der Waals surface area contributed by atoms with Crippen LogP contribution in [0.5, 0.6) is 5.75 Å². The summed E-state index contributed by atoms with van der Waals surface area (Å²) < 4.78 is 37.1. The minimum Gasteiger partial charge on any atom is -0.491 e. The van der Waals surface area contributed by atoms with Gasteiger partial charge in [0.15, 0.2) is 29.1 Å². The summed E-state index contributed by atoms with van der Waals surface area (Å²) in [6.07, 6.45) is 2.96. The molecule has 1 aliphatic carbocycles. The monoisotopic (exact) mass is 325 g/mol. The highest BCUT2D eigenvalue weighted by atomic mass is 19.1. The van der Waals surface area contributed by atoms with Crippen molar-refractivity contribution in [2.75, 3.05) is 13.7 Å². The summed E-state index contributed by atoms with van der Waals surface area (Å²) in [7, 11) is 1.09. The molecule has 0 aromatic heterocycles. The number of rotatable bonds is 7. The molecular formula is C16H17F2NO4. The maximum Gasteiger partial charge on any atom is 0.322 e. The van der Waals surface area contributed by atoms with E-state index in [-0.39, 0.29) is 12.6 Å². The minimum absolute atomic E-state index is 0.0785. The first-order valence-electron chi connectivity index (χ1n) is 7.25. The largest absolute Gasteiger partial charge is 0.491 e. The predicted molar refractivity (Wildman–Crippen MR) is 78.9 cm³/mol. The lowest BCUT2D eigenvalue weighted by Crippen LogP contribution is -2.28. The smallest absolute Gasteiger partial charge is 0.322 e. The van der Waals surface area contributed by atoms with Gasteiger partial charge in [-0.15, -0.1) is 0 Å². The molecule has 0 radical (unpaired) electrons. The van der Waals surface area contributed by atoms with Crippen LogP contribution in [-0.4, -0.2) is 37.7 Å². The van der Waals surface area contributed by atoms with Crippen LogP contribution in [0.2, 0.25) is 0 Å². The number of nitrogens with zero attached hydrogens (tertiary/aromatic N) is 1. The Hall–Kier alpha value is -2.31. The molecule has 0 aliphatic heterocycles. The zero-order chi connectivity index (χ0) is 17.0. The maximum absolute atomic E-state index is 14.2. The molecule has 0 heterocycles. The van der Waals surface area contributed by atoms with Crippen molar-refractivity contribution in [1.29, 1.82) is 0 Å². The van der Waals surface area contributed by atoms with Crippen molar-refractivity contribution in [3.8, 4) is 5.75 Å². The molecule has 7 heteroatoms. The summed E-state index contributed by atoms with van der Waals surface area (Å²) in [5, 5.41) is 0. The van der Waals surface area contributed by atoms with Gasteiger partial charge in [0.25, 0.3) is 0 Å². The van der Waals surface area contributed by atoms with Gasteiger partial charge < -0.3 is 9.47 Å². The summed E-state index contributed by atoms with van der Waals surface area (Å²) >= 11 is 0. The minimum atomic E-state index is -1.36. The molecule has 23 heavy (non-hydrogen) atoms. The molecule has 0 N–H and O–H groups in total. The Balaban J connectivity index is 2.34. The molecule has 1 aromatic carbocycles. The van der Waals surface area contributed by atoms with E-state index < -0.39 is 40.6 Å². The standard InChI is InChI=1S/C16H17F2NO4/c1-3-23-16(21)11(8-19-9-4-5-9)14(20)10-6-7-12(17)15(22-2)13(10)18/h6-9,11H,3-5H2,1-2H3. The number of methoxy groups -OCH3 is 1. The van der Waals surface area contributed by atoms with Gasteiger partial charge in [0.1, 0.15) is 0 Å². The van der Waals surface area contributed by atoms with Crippen molar-refractivity contribution in [3.05, 3.63) is 29.3 Å². The number of esters is 1. The second kappa shape index (κ2) is 7.30. The van der Waals surface area contributed by atoms with Crippen molar-refractivity contribution in [1.82, 2.24) is 0 Å². The molecule has 1 aliphatic rings. The van der Waals surface area contributed by atoms with Crippen LogP contribution < -0.4 is 4.74 Å². The number of hydrogen-bond donors (Lipinski definition) is 0. The molecule has 0 saturated heterocycles. The number of Topliss-reactive ketones (excluding diaryl/α,β-unsaturated/α-hetero) is 1. The molecule has 0 amide bonds. The van der Waals surface area contributed by atoms with E-state index in [4.69, 9.17) is 4.74 Å². The molecule has 1 unspecified atom stereocenters. The SMILES string of the molecule is CCOC(=O)C(C=NC1CC1)C(=O)c1ccc(F)c(OC)c1F. The fourth-order valence-corrected chi connectivity index (χ4v) is 1.98. The number of ketones is 1. The first-order chi connectivity index (χ1) is 11.0. The third-order valence-corrected chi connectivity index (χ3v) is 3.33. The Morgan fingerprint density at radius 3 is 2.65 bits per heavy atom. The van der Waals surface area contributed by atoms with E-state index in [0.29, 0.717) is 0 Å². The number of halogens is 2. The van der Waals surface area contributed by atoms with Gasteiger partial charge in [0, 0.05) is 12.3 Å². The van der Waals surface area contributed by atoms with Gasteiger partial charge in [-0.2, -0.15) is 0 Å². The first kappa shape index (κ1) is 17.1. The second-order valence-corrected chi connectivity index (χ2v) is 5.07. The van der Waals surface area contributed by atoms with Crippen molar-refractivity contribution < 1.29 is 27.8 Å². The predicted octanol–water partition coefficient (Wildman–Crippen LogP) is 2.57. The highest BCUT2D eigenvalue weighted by molar-refractivity contribution is 6.18. The Labute approximate surface area is 132 Å². The third-order valence-electron chi connectivity index (χ3n) is 3.33. The van der Waals surface area contributed by atoms with Crippen LogP contribution in [0.1, 0.15) is 30.1 Å². The number of carbonyl (C=O) groups excluding carboxylic acids is 2. The zero-order valence-corrected chi connectivity index (χ0v) is 12.8. The second-order valence-electron chi connectivity index (χ2n) is 5.07. The Morgan fingerprint density at radius 1 is 1.39 bits per heavy atom. The molecular weight excluding hydrogens is 308 g/mol. The van der Waals surface area contributed by atoms with Crippen molar-refractivity contribution in [2.24, 2.45) is 10.9 Å². The van der Waals surface area contributed by atoms with E-state index in [9.17, 15) is 18.4 Å². The summed E-state index contributed by atoms with van der Waals surface area (Å²) in [6, 6.07) is 1.98. The highest BCUT2D eigenvalue weighted by Crippen LogP contribution is 2.27. The molecule has 0 spiro atoms. The quantitative estimate of drug-likeness (QED) is 0.334. The first-order valence-corrected chi connectivity index (χ1v) is 7.25. The Morgan fingerprint density at radius 2 is 2.09 bits per heavy atom. The van der Waals surface area contributed by atoms with Gasteiger partial charge in [-0.3, -0.25) is 14.6 Å². The summed E-state index contributed by atoms with van der Waals surface area (Å²) in [6.45, 7) is 1.67. The van der Waals surface area contributed by atoms with Gasteiger partial charge >= 0.3 is 5.97 Å². The van der Waals surface area contributed by atoms with Crippen LogP contribution in [0.15, 0.2) is 17.1 Å². The molecule has 1 fully saturated rings. The van der Waals surface area contributed by atoms with Crippen LogP contribution in [-0.2, 0) is 9.53 Å². The van der Waals surface area contributed by atoms with Gasteiger partial charge in [-0.25, -0.2) is 8.78 Å². The van der Waals surface area contributed by atoms with Gasteiger partial charge in [-0.05, 0) is 31.9 Å². The maximum atomic E-state index is 14.2. The Kier molecular flexibility index (Phi) is 5.41. The van der Waals surface area contributed by atoms with E-state index in [1.54, 1.807) is 6.92 Å². The lowest BCUT2D eigenvalue weighted by atomic mass is 9.97. The molecule has 2 rings (SSSR count). The van der Waals surface area contributed by atoms with Crippen molar-refractivity contribution >= 4 is 18.0 Å². The molecule has 1 atom stereocenters. The van der Waals surface area contributed by atoms with Crippen LogP contribution in [0.3, 0.4) is 0 Å². The number of ether oxygens (including phenoxy) is 2. The molecule has 1 saturated carbocycles. The Bertz CT molecular complexity index is 641. The van der Waals surface area contributed by atoms with Gasteiger partial charge in [0.2, 0.25) is 0 Å². The number of aliphatic imine (C=N–C) groups is 1. The van der Waals surface area contributed by atoms with E-state index in [1.165, 1.54) is 6.21 Å². The molecule has 1 aromatic rings. The van der Waals surface area contributed by atoms with Crippen LogP contribution >= 0.6 is 0 Å². The summed E-state index contributed by atoms with van der Waals surface area (Å²) in [4.78, 5) is 28.5. The van der Waals surface area contributed by atoms with Crippen LogP contribution in [0.4, 0.5) is 8.78 Å². The molecule has 5 nitrogen and oxygen atoms in total. The van der Waals surface area contributed by atoms with Crippen LogP contribution in [0, 0.1) is 17.6 Å². The van der Waals surface area contributed by atoms with E-state index in [2.05, 4.69) is 9.73 Å². The average molecular weight is 325 g/mol. The zero-order valence-electron chi connectivity index (χ0n) is 12.8. The lowest BCUT2D eigenvalue weighted by Gasteiger charge is -2.12. The van der Waals surface area contributed by atoms with E-state index in [1.807, 2.05) is 0 Å². The number of carbonyl (C=O) groups is 2. The number of benzene rings is 1. The number of hydrogen-bond acceptors (Lipinski definition) is 5. The van der Waals surface area contributed by atoms with Gasteiger partial charge in [0.05, 0.1) is 19.3 Å². The van der Waals surface area contributed by atoms with Crippen molar-refractivity contribution in [3.63, 3.8) is 0 Å². The van der Waals surface area contributed by atoms with E-state index in [0.717, 1.165) is 32.1 Å². The summed E-state index contributed by atoms with van der Waals surface area (Å²) in [5.74, 6) is -5.77. The lowest BCUT2D eigenvalue weighted by molar-refractivity contribution is -0.143. The fraction of sp³-hybridized carbons (Fsp3) is 0.438. The van der Waals surface area contributed by atoms with Crippen LogP contribution in [0.25, 0.3) is 0 Å². The van der Waals surface area contributed by atoms with Gasteiger partial charge in [-0.1, -0.05) is 0 Å². The normalized spacial score (nSPS) is 15.5. The fourth-order valence-electron chi connectivity index (χ4n) is 1.98. The third kappa shape index (κ3) is 3.91. The van der Waals surface area contributed by atoms with Crippen molar-refractivity contribution in [2.45, 2.75) is 25.8 Å². The topological polar surface area (TPSA) is 65.0 Å². The van der Waals surface area contributed by atoms with E-state index >= 15 is 0 Å². The highest BCUT2D eigenvalue weighted by Gasteiger charge is 2.32. The molecule has 0 bridgehead atoms.